The minimum absolute atomic E-state index is 0.00352. The number of nitrogens with zero attached hydrogens (tertiary/aromatic N) is 2. The predicted molar refractivity (Wildman–Crippen MR) is 94.1 cm³/mol. The average Bonchev–Trinajstić information content (AvgIpc) is 2.50. The Kier molecular flexibility index (Phi) is 8.03. The first kappa shape index (κ1) is 19.9. The summed E-state index contributed by atoms with van der Waals surface area (Å²) < 4.78 is 0. The van der Waals surface area contributed by atoms with Crippen molar-refractivity contribution in [1.29, 1.82) is 0 Å². The lowest BCUT2D eigenvalue weighted by atomic mass is 9.96. The lowest BCUT2D eigenvalue weighted by Gasteiger charge is -2.34. The Balaban J connectivity index is 2.77. The fraction of sp³-hybridized carbons (Fsp3) is 0.889. The van der Waals surface area contributed by atoms with Gasteiger partial charge in [0.15, 0.2) is 0 Å². The van der Waals surface area contributed by atoms with Crippen LogP contribution >= 0.6 is 0 Å². The van der Waals surface area contributed by atoms with E-state index in [1.807, 2.05) is 21.0 Å². The highest BCUT2D eigenvalue weighted by molar-refractivity contribution is 5.90. The summed E-state index contributed by atoms with van der Waals surface area (Å²) in [7, 11) is 3.82. The third-order valence-corrected chi connectivity index (χ3v) is 4.87. The van der Waals surface area contributed by atoms with Gasteiger partial charge in [-0.15, -0.1) is 0 Å². The first-order chi connectivity index (χ1) is 10.8. The molecule has 23 heavy (non-hydrogen) atoms. The lowest BCUT2D eigenvalue weighted by molar-refractivity contribution is -0.138. The SMILES string of the molecule is CCC(C)C(NC(=O)C1CCCCN1C)C(=O)N(C)CC(C)C. The molecular formula is C18H35N3O2. The third-order valence-electron chi connectivity index (χ3n) is 4.87. The molecule has 3 atom stereocenters. The normalized spacial score (nSPS) is 21.8. The maximum Gasteiger partial charge on any atom is 0.245 e. The van der Waals surface area contributed by atoms with Crippen molar-refractivity contribution in [2.45, 2.75) is 65.5 Å². The van der Waals surface area contributed by atoms with Crippen LogP contribution in [0.25, 0.3) is 0 Å². The van der Waals surface area contributed by atoms with Crippen LogP contribution < -0.4 is 5.32 Å². The van der Waals surface area contributed by atoms with E-state index in [0.717, 1.165) is 32.2 Å². The number of nitrogens with one attached hydrogen (secondary N) is 1. The van der Waals surface area contributed by atoms with E-state index in [4.69, 9.17) is 0 Å². The van der Waals surface area contributed by atoms with E-state index in [-0.39, 0.29) is 23.8 Å². The van der Waals surface area contributed by atoms with Crippen molar-refractivity contribution in [3.8, 4) is 0 Å². The Morgan fingerprint density at radius 3 is 2.43 bits per heavy atom. The summed E-state index contributed by atoms with van der Waals surface area (Å²) in [6.07, 6.45) is 3.97. The van der Waals surface area contributed by atoms with E-state index in [2.05, 4.69) is 31.0 Å². The lowest BCUT2D eigenvalue weighted by Crippen LogP contribution is -2.56. The zero-order valence-corrected chi connectivity index (χ0v) is 15.8. The Hall–Kier alpha value is -1.10. The zero-order chi connectivity index (χ0) is 17.6. The molecule has 0 aliphatic carbocycles. The smallest absolute Gasteiger partial charge is 0.245 e. The topological polar surface area (TPSA) is 52.7 Å². The molecule has 0 aromatic rings. The largest absolute Gasteiger partial charge is 0.344 e. The highest BCUT2D eigenvalue weighted by Gasteiger charge is 2.33. The van der Waals surface area contributed by atoms with Gasteiger partial charge in [0, 0.05) is 13.6 Å². The van der Waals surface area contributed by atoms with Crippen molar-refractivity contribution in [1.82, 2.24) is 15.1 Å². The summed E-state index contributed by atoms with van der Waals surface area (Å²) in [5, 5.41) is 3.05. The van der Waals surface area contributed by atoms with Crippen molar-refractivity contribution in [3.63, 3.8) is 0 Å². The molecule has 5 heteroatoms. The van der Waals surface area contributed by atoms with Crippen LogP contribution in [-0.2, 0) is 9.59 Å². The van der Waals surface area contributed by atoms with Crippen LogP contribution in [0.1, 0.15) is 53.4 Å². The number of amides is 2. The van der Waals surface area contributed by atoms with E-state index in [1.165, 1.54) is 0 Å². The minimum Gasteiger partial charge on any atom is -0.344 e. The van der Waals surface area contributed by atoms with Crippen molar-refractivity contribution in [3.05, 3.63) is 0 Å². The molecule has 1 aliphatic rings. The molecular weight excluding hydrogens is 290 g/mol. The highest BCUT2D eigenvalue weighted by atomic mass is 16.2. The molecule has 1 heterocycles. The number of hydrogen-bond acceptors (Lipinski definition) is 3. The standard InChI is InChI=1S/C18H35N3O2/c1-7-14(4)16(18(23)21(6)12-13(2)3)19-17(22)15-10-8-9-11-20(15)5/h13-16H,7-12H2,1-6H3,(H,19,22). The third kappa shape index (κ3) is 5.79. The van der Waals surface area contributed by atoms with Gasteiger partial charge in [-0.2, -0.15) is 0 Å². The number of piperidine rings is 1. The average molecular weight is 325 g/mol. The Morgan fingerprint density at radius 1 is 1.26 bits per heavy atom. The monoisotopic (exact) mass is 325 g/mol. The number of carbonyl (C=O) groups is 2. The summed E-state index contributed by atoms with van der Waals surface area (Å²) in [6, 6.07) is -0.523. The summed E-state index contributed by atoms with van der Waals surface area (Å²) in [6.45, 7) is 9.95. The molecule has 0 spiro atoms. The number of rotatable bonds is 7. The number of likely N-dealkylation sites (N-methyl/N-ethyl adjacent to an activating group) is 2. The molecule has 1 aliphatic heterocycles. The molecule has 134 valence electrons. The molecule has 1 saturated heterocycles. The van der Waals surface area contributed by atoms with Gasteiger partial charge in [-0.25, -0.2) is 0 Å². The van der Waals surface area contributed by atoms with Gasteiger partial charge in [0.05, 0.1) is 6.04 Å². The quantitative estimate of drug-likeness (QED) is 0.780. The maximum absolute atomic E-state index is 12.8. The minimum atomic E-state index is -0.424. The van der Waals surface area contributed by atoms with Gasteiger partial charge < -0.3 is 10.2 Å². The van der Waals surface area contributed by atoms with Gasteiger partial charge in [0.2, 0.25) is 11.8 Å². The molecule has 1 fully saturated rings. The van der Waals surface area contributed by atoms with E-state index in [9.17, 15) is 9.59 Å². The van der Waals surface area contributed by atoms with Crippen molar-refractivity contribution >= 4 is 11.8 Å². The second-order valence-corrected chi connectivity index (χ2v) is 7.48. The molecule has 0 bridgehead atoms. The molecule has 3 unspecified atom stereocenters. The van der Waals surface area contributed by atoms with E-state index in [1.54, 1.807) is 4.90 Å². The fourth-order valence-electron chi connectivity index (χ4n) is 3.21. The van der Waals surface area contributed by atoms with Gasteiger partial charge in [-0.3, -0.25) is 14.5 Å². The number of carbonyl (C=O) groups excluding carboxylic acids is 2. The molecule has 5 nitrogen and oxygen atoms in total. The van der Waals surface area contributed by atoms with Crippen LogP contribution in [0.2, 0.25) is 0 Å². The fourth-order valence-corrected chi connectivity index (χ4v) is 3.21. The zero-order valence-electron chi connectivity index (χ0n) is 15.8. The predicted octanol–water partition coefficient (Wildman–Crippen LogP) is 2.12. The van der Waals surface area contributed by atoms with Gasteiger partial charge in [0.1, 0.15) is 6.04 Å². The van der Waals surface area contributed by atoms with E-state index in [0.29, 0.717) is 12.5 Å². The first-order valence-corrected chi connectivity index (χ1v) is 9.03. The van der Waals surface area contributed by atoms with Crippen LogP contribution in [0.4, 0.5) is 0 Å². The van der Waals surface area contributed by atoms with Crippen LogP contribution in [0.15, 0.2) is 0 Å². The van der Waals surface area contributed by atoms with Crippen LogP contribution in [0.5, 0.6) is 0 Å². The summed E-state index contributed by atoms with van der Waals surface area (Å²) >= 11 is 0. The number of hydrogen-bond donors (Lipinski definition) is 1. The van der Waals surface area contributed by atoms with Crippen molar-refractivity contribution in [2.24, 2.45) is 11.8 Å². The molecule has 0 aromatic heterocycles. The first-order valence-electron chi connectivity index (χ1n) is 9.03. The molecule has 0 radical (unpaired) electrons. The van der Waals surface area contributed by atoms with E-state index < -0.39 is 6.04 Å². The van der Waals surface area contributed by atoms with Gasteiger partial charge in [0.25, 0.3) is 0 Å². The van der Waals surface area contributed by atoms with Gasteiger partial charge in [-0.05, 0) is 38.3 Å². The van der Waals surface area contributed by atoms with Gasteiger partial charge in [-0.1, -0.05) is 40.5 Å². The Labute approximate surface area is 141 Å². The number of likely N-dealkylation sites (tertiary alicyclic amines) is 1. The summed E-state index contributed by atoms with van der Waals surface area (Å²) in [5.74, 6) is 0.584. The molecule has 0 aromatic carbocycles. The molecule has 0 saturated carbocycles. The Bertz CT molecular complexity index is 398. The summed E-state index contributed by atoms with van der Waals surface area (Å²) in [5.41, 5.74) is 0. The maximum atomic E-state index is 12.8. The van der Waals surface area contributed by atoms with Crippen LogP contribution in [0.3, 0.4) is 0 Å². The van der Waals surface area contributed by atoms with Crippen LogP contribution in [0, 0.1) is 11.8 Å². The van der Waals surface area contributed by atoms with Gasteiger partial charge >= 0.3 is 0 Å². The van der Waals surface area contributed by atoms with Crippen LogP contribution in [-0.4, -0.2) is 60.9 Å². The Morgan fingerprint density at radius 2 is 1.91 bits per heavy atom. The van der Waals surface area contributed by atoms with Crippen molar-refractivity contribution in [2.75, 3.05) is 27.2 Å². The van der Waals surface area contributed by atoms with Crippen molar-refractivity contribution < 1.29 is 9.59 Å². The second kappa shape index (κ2) is 9.26. The summed E-state index contributed by atoms with van der Waals surface area (Å²) in [4.78, 5) is 29.3. The molecule has 1 N–H and O–H groups in total. The molecule has 1 rings (SSSR count). The van der Waals surface area contributed by atoms with E-state index >= 15 is 0 Å². The second-order valence-electron chi connectivity index (χ2n) is 7.48. The molecule has 2 amide bonds. The highest BCUT2D eigenvalue weighted by Crippen LogP contribution is 2.17.